The van der Waals surface area contributed by atoms with E-state index in [0.29, 0.717) is 27.0 Å². The van der Waals surface area contributed by atoms with Crippen LogP contribution >= 0.6 is 15.9 Å². The molecule has 6 heteroatoms. The lowest BCUT2D eigenvalue weighted by atomic mass is 10.0. The summed E-state index contributed by atoms with van der Waals surface area (Å²) in [5.41, 5.74) is 1.88. The summed E-state index contributed by atoms with van der Waals surface area (Å²) < 4.78 is 7.35. The fourth-order valence-corrected chi connectivity index (χ4v) is 3.31. The summed E-state index contributed by atoms with van der Waals surface area (Å²) in [7, 11) is 1.31. The molecule has 23 heavy (non-hydrogen) atoms. The molecule has 1 N–H and O–H groups in total. The molecular formula is C17H17BrN2O3. The molecule has 0 bridgehead atoms. The van der Waals surface area contributed by atoms with Crippen LogP contribution in [0.1, 0.15) is 53.2 Å². The van der Waals surface area contributed by atoms with E-state index in [4.69, 9.17) is 10.00 Å². The molecule has 0 saturated carbocycles. The molecule has 2 rings (SSSR count). The average Bonchev–Trinajstić information content (AvgIpc) is 2.91. The van der Waals surface area contributed by atoms with Crippen LogP contribution in [0.2, 0.25) is 0 Å². The maximum atomic E-state index is 12.0. The number of esters is 1. The van der Waals surface area contributed by atoms with Crippen molar-refractivity contribution < 1.29 is 14.6 Å². The van der Waals surface area contributed by atoms with Gasteiger partial charge >= 0.3 is 5.97 Å². The molecule has 1 heterocycles. The zero-order valence-electron chi connectivity index (χ0n) is 13.1. The van der Waals surface area contributed by atoms with Crippen molar-refractivity contribution >= 4 is 21.9 Å². The van der Waals surface area contributed by atoms with Gasteiger partial charge in [0, 0.05) is 6.04 Å². The first-order chi connectivity index (χ1) is 10.9. The molecule has 120 valence electrons. The van der Waals surface area contributed by atoms with Gasteiger partial charge in [0.25, 0.3) is 0 Å². The van der Waals surface area contributed by atoms with Crippen molar-refractivity contribution in [2.75, 3.05) is 7.11 Å². The minimum Gasteiger partial charge on any atom is -0.465 e. The van der Waals surface area contributed by atoms with Gasteiger partial charge in [-0.1, -0.05) is 12.1 Å². The Balaban J connectivity index is 2.59. The predicted molar refractivity (Wildman–Crippen MR) is 89.1 cm³/mol. The van der Waals surface area contributed by atoms with E-state index in [1.807, 2.05) is 24.5 Å². The van der Waals surface area contributed by atoms with E-state index in [1.165, 1.54) is 7.11 Å². The van der Waals surface area contributed by atoms with Gasteiger partial charge in [-0.05, 0) is 53.5 Å². The number of nitriles is 1. The van der Waals surface area contributed by atoms with E-state index < -0.39 is 12.1 Å². The number of methoxy groups -OCH3 is 1. The number of hydrogen-bond acceptors (Lipinski definition) is 4. The number of carbonyl (C=O) groups excluding carboxylic acids is 1. The Morgan fingerprint density at radius 2 is 1.96 bits per heavy atom. The highest BCUT2D eigenvalue weighted by atomic mass is 79.9. The number of halogens is 1. The molecule has 5 nitrogen and oxygen atoms in total. The molecule has 1 aromatic carbocycles. The quantitative estimate of drug-likeness (QED) is 0.827. The van der Waals surface area contributed by atoms with Gasteiger partial charge in [-0.15, -0.1) is 0 Å². The molecule has 1 unspecified atom stereocenters. The molecule has 0 saturated heterocycles. The maximum Gasteiger partial charge on any atom is 0.339 e. The minimum absolute atomic E-state index is 0.0332. The predicted octanol–water partition coefficient (Wildman–Crippen LogP) is 3.57. The summed E-state index contributed by atoms with van der Waals surface area (Å²) in [4.78, 5) is 12.0. The Bertz CT molecular complexity index is 757. The smallest absolute Gasteiger partial charge is 0.339 e. The minimum atomic E-state index is -1.01. The van der Waals surface area contributed by atoms with Crippen molar-refractivity contribution in [1.29, 1.82) is 5.26 Å². The van der Waals surface area contributed by atoms with Crippen LogP contribution in [0.15, 0.2) is 34.9 Å². The molecule has 2 aromatic rings. The van der Waals surface area contributed by atoms with Crippen molar-refractivity contribution in [3.05, 3.63) is 57.3 Å². The molecule has 0 radical (unpaired) electrons. The fourth-order valence-electron chi connectivity index (χ4n) is 2.48. The van der Waals surface area contributed by atoms with Gasteiger partial charge in [0.05, 0.1) is 34.6 Å². The highest BCUT2D eigenvalue weighted by molar-refractivity contribution is 9.10. The van der Waals surface area contributed by atoms with Gasteiger partial charge in [0.1, 0.15) is 6.10 Å². The van der Waals surface area contributed by atoms with Gasteiger partial charge in [-0.25, -0.2) is 4.79 Å². The van der Waals surface area contributed by atoms with Crippen LogP contribution in [-0.4, -0.2) is 22.8 Å². The van der Waals surface area contributed by atoms with E-state index in [1.54, 1.807) is 30.3 Å². The number of hydrogen-bond donors (Lipinski definition) is 1. The normalized spacial score (nSPS) is 12.0. The van der Waals surface area contributed by atoms with E-state index >= 15 is 0 Å². The lowest BCUT2D eigenvalue weighted by molar-refractivity contribution is 0.0594. The zero-order chi connectivity index (χ0) is 17.1. The van der Waals surface area contributed by atoms with Crippen molar-refractivity contribution in [1.82, 2.24) is 4.57 Å². The van der Waals surface area contributed by atoms with Crippen LogP contribution in [0.4, 0.5) is 0 Å². The van der Waals surface area contributed by atoms with Crippen molar-refractivity contribution in [2.24, 2.45) is 0 Å². The molecule has 0 aliphatic heterocycles. The van der Waals surface area contributed by atoms with Crippen molar-refractivity contribution in [3.63, 3.8) is 0 Å². The number of aliphatic hydroxyl groups is 1. The highest BCUT2D eigenvalue weighted by Gasteiger charge is 2.27. The third-order valence-electron chi connectivity index (χ3n) is 3.57. The zero-order valence-corrected chi connectivity index (χ0v) is 14.7. The van der Waals surface area contributed by atoms with Gasteiger partial charge < -0.3 is 14.4 Å². The molecule has 0 aliphatic carbocycles. The highest BCUT2D eigenvalue weighted by Crippen LogP contribution is 2.33. The molecule has 0 amide bonds. The maximum absolute atomic E-state index is 12.0. The van der Waals surface area contributed by atoms with E-state index in [9.17, 15) is 9.90 Å². The summed E-state index contributed by atoms with van der Waals surface area (Å²) in [6.07, 6.45) is -1.01. The van der Waals surface area contributed by atoms with E-state index in [-0.39, 0.29) is 6.04 Å². The third-order valence-corrected chi connectivity index (χ3v) is 4.18. The second-order valence-corrected chi connectivity index (χ2v) is 6.17. The van der Waals surface area contributed by atoms with Crippen LogP contribution in [0, 0.1) is 11.3 Å². The number of carbonyl (C=O) groups is 1. The molecule has 0 fully saturated rings. The molecule has 1 atom stereocenters. The number of ether oxygens (including phenoxy) is 1. The molecule has 0 spiro atoms. The SMILES string of the molecule is COC(=O)c1cc(Br)n(C(C)C)c1C(O)c1ccc(C#N)cc1. The number of benzene rings is 1. The Labute approximate surface area is 143 Å². The standard InChI is InChI=1S/C17H17BrN2O3/c1-10(2)20-14(18)8-13(17(22)23-3)15(20)16(21)12-6-4-11(9-19)5-7-12/h4-8,10,16,21H,1-3H3. The number of rotatable bonds is 4. The van der Waals surface area contributed by atoms with Gasteiger partial charge in [0.15, 0.2) is 0 Å². The lowest BCUT2D eigenvalue weighted by Gasteiger charge is -2.20. The second-order valence-electron chi connectivity index (χ2n) is 5.36. The molecular weight excluding hydrogens is 360 g/mol. The van der Waals surface area contributed by atoms with Gasteiger partial charge in [-0.2, -0.15) is 5.26 Å². The number of nitrogens with zero attached hydrogens (tertiary/aromatic N) is 2. The van der Waals surface area contributed by atoms with Crippen LogP contribution < -0.4 is 0 Å². The Morgan fingerprint density at radius 1 is 1.35 bits per heavy atom. The first kappa shape index (κ1) is 17.3. The topological polar surface area (TPSA) is 75.2 Å². The monoisotopic (exact) mass is 376 g/mol. The van der Waals surface area contributed by atoms with Crippen LogP contribution in [0.25, 0.3) is 0 Å². The van der Waals surface area contributed by atoms with Gasteiger partial charge in [0.2, 0.25) is 0 Å². The Kier molecular flexibility index (Phi) is 5.24. The Morgan fingerprint density at radius 3 is 2.43 bits per heavy atom. The van der Waals surface area contributed by atoms with Crippen LogP contribution in [0.3, 0.4) is 0 Å². The summed E-state index contributed by atoms with van der Waals surface area (Å²) in [5, 5.41) is 19.7. The largest absolute Gasteiger partial charge is 0.465 e. The van der Waals surface area contributed by atoms with Crippen molar-refractivity contribution in [3.8, 4) is 6.07 Å². The number of aromatic nitrogens is 1. The van der Waals surface area contributed by atoms with Gasteiger partial charge in [-0.3, -0.25) is 0 Å². The number of aliphatic hydroxyl groups excluding tert-OH is 1. The van der Waals surface area contributed by atoms with E-state index in [0.717, 1.165) is 0 Å². The molecule has 0 aliphatic rings. The fraction of sp³-hybridized carbons (Fsp3) is 0.294. The van der Waals surface area contributed by atoms with Crippen molar-refractivity contribution in [2.45, 2.75) is 26.0 Å². The third kappa shape index (κ3) is 3.31. The van der Waals surface area contributed by atoms with Crippen LogP contribution in [0.5, 0.6) is 0 Å². The first-order valence-electron chi connectivity index (χ1n) is 7.07. The summed E-state index contributed by atoms with van der Waals surface area (Å²) in [5.74, 6) is -0.507. The Hall–Kier alpha value is -2.10. The first-order valence-corrected chi connectivity index (χ1v) is 7.87. The summed E-state index contributed by atoms with van der Waals surface area (Å²) >= 11 is 3.43. The summed E-state index contributed by atoms with van der Waals surface area (Å²) in [6.45, 7) is 3.92. The second kappa shape index (κ2) is 6.99. The molecule has 1 aromatic heterocycles. The lowest BCUT2D eigenvalue weighted by Crippen LogP contribution is -2.15. The van der Waals surface area contributed by atoms with E-state index in [2.05, 4.69) is 15.9 Å². The average molecular weight is 377 g/mol. The summed E-state index contributed by atoms with van der Waals surface area (Å²) in [6, 6.07) is 10.3. The van der Waals surface area contributed by atoms with Crippen LogP contribution in [-0.2, 0) is 4.74 Å².